The molecular weight excluding hydrogens is 416 g/mol. The minimum Gasteiger partial charge on any atom is -0.394 e. The molecule has 7 N–H and O–H groups in total. The van der Waals surface area contributed by atoms with Gasteiger partial charge in [-0.05, 0) is 6.42 Å². The fourth-order valence-corrected chi connectivity index (χ4v) is 3.77. The number of aliphatic hydroxyl groups excluding tert-OH is 7. The summed E-state index contributed by atoms with van der Waals surface area (Å²) < 4.78 is 21.9. The van der Waals surface area contributed by atoms with Crippen LogP contribution >= 0.6 is 0 Å². The minimum atomic E-state index is -1.69. The van der Waals surface area contributed by atoms with Gasteiger partial charge in [0.1, 0.15) is 48.8 Å². The van der Waals surface area contributed by atoms with Crippen molar-refractivity contribution in [2.24, 2.45) is 0 Å². The monoisotopic (exact) mass is 454 g/mol. The van der Waals surface area contributed by atoms with Crippen LogP contribution in [0.1, 0.15) is 45.4 Å². The van der Waals surface area contributed by atoms with Crippen LogP contribution in [-0.2, 0) is 18.9 Å². The van der Waals surface area contributed by atoms with Gasteiger partial charge in [0.25, 0.3) is 0 Å². The van der Waals surface area contributed by atoms with Gasteiger partial charge in [-0.1, -0.05) is 39.0 Å². The first-order valence-corrected chi connectivity index (χ1v) is 11.1. The zero-order valence-corrected chi connectivity index (χ0v) is 17.9. The Morgan fingerprint density at radius 3 is 1.87 bits per heavy atom. The number of ether oxygens (including phenoxy) is 4. The Kier molecular flexibility index (Phi) is 11.5. The average Bonchev–Trinajstić information content (AvgIpc) is 2.77. The molecule has 1 unspecified atom stereocenters. The summed E-state index contributed by atoms with van der Waals surface area (Å²) in [4.78, 5) is 0. The van der Waals surface area contributed by atoms with Gasteiger partial charge in [0.05, 0.1) is 13.2 Å². The highest BCUT2D eigenvalue weighted by molar-refractivity contribution is 4.94. The second-order valence-corrected chi connectivity index (χ2v) is 8.14. The maximum atomic E-state index is 10.5. The summed E-state index contributed by atoms with van der Waals surface area (Å²) in [6.07, 6.45) is -7.98. The van der Waals surface area contributed by atoms with Crippen molar-refractivity contribution >= 4 is 0 Å². The van der Waals surface area contributed by atoms with Crippen molar-refractivity contribution in [3.63, 3.8) is 0 Å². The Morgan fingerprint density at radius 2 is 1.23 bits per heavy atom. The molecule has 0 saturated carbocycles. The second kappa shape index (κ2) is 13.3. The Balaban J connectivity index is 1.90. The summed E-state index contributed by atoms with van der Waals surface area (Å²) in [6, 6.07) is 0. The van der Waals surface area contributed by atoms with Gasteiger partial charge in [0.2, 0.25) is 0 Å². The third-order valence-corrected chi connectivity index (χ3v) is 5.74. The largest absolute Gasteiger partial charge is 0.394 e. The quantitative estimate of drug-likeness (QED) is 0.162. The van der Waals surface area contributed by atoms with Gasteiger partial charge in [-0.25, -0.2) is 0 Å². The zero-order chi connectivity index (χ0) is 23.0. The van der Waals surface area contributed by atoms with Crippen LogP contribution in [0.25, 0.3) is 0 Å². The van der Waals surface area contributed by atoms with Crippen molar-refractivity contribution in [1.29, 1.82) is 0 Å². The number of hydrogen-bond donors (Lipinski definition) is 7. The number of rotatable bonds is 12. The lowest BCUT2D eigenvalue weighted by Gasteiger charge is -2.45. The molecule has 0 aromatic rings. The molecule has 31 heavy (non-hydrogen) atoms. The minimum absolute atomic E-state index is 0.316. The molecule has 11 heteroatoms. The molecule has 0 spiro atoms. The van der Waals surface area contributed by atoms with E-state index in [4.69, 9.17) is 18.9 Å². The van der Waals surface area contributed by atoms with Crippen LogP contribution in [0.5, 0.6) is 0 Å². The van der Waals surface area contributed by atoms with Crippen LogP contribution in [-0.4, -0.2) is 117 Å². The van der Waals surface area contributed by atoms with Gasteiger partial charge in [-0.2, -0.15) is 0 Å². The number of unbranched alkanes of at least 4 members (excludes halogenated alkanes) is 5. The molecule has 10 atom stereocenters. The Bertz CT molecular complexity index is 492. The zero-order valence-electron chi connectivity index (χ0n) is 17.9. The molecule has 0 aliphatic carbocycles. The van der Waals surface area contributed by atoms with E-state index < -0.39 is 74.6 Å². The second-order valence-electron chi connectivity index (χ2n) is 8.14. The highest BCUT2D eigenvalue weighted by Crippen LogP contribution is 2.29. The van der Waals surface area contributed by atoms with Crippen LogP contribution in [0.2, 0.25) is 0 Å². The summed E-state index contributed by atoms with van der Waals surface area (Å²) >= 11 is 0. The van der Waals surface area contributed by atoms with E-state index in [0.717, 1.165) is 32.1 Å². The molecule has 0 amide bonds. The third kappa shape index (κ3) is 7.02. The maximum Gasteiger partial charge on any atom is 0.187 e. The topological polar surface area (TPSA) is 179 Å². The van der Waals surface area contributed by atoms with Crippen molar-refractivity contribution < 1.29 is 54.7 Å². The highest BCUT2D eigenvalue weighted by Gasteiger charge is 2.50. The Hall–Kier alpha value is -0.440. The predicted molar refractivity (Wildman–Crippen MR) is 106 cm³/mol. The average molecular weight is 455 g/mol. The SMILES string of the molecule is CCCCCCCCOC1O[C@H](CO)[C@@H](O[C@@H]2O[C@H](CO)[C@@H](O)[C@H](O)[C@H]2O)[C@H](O)[C@H]1O. The van der Waals surface area contributed by atoms with Crippen molar-refractivity contribution in [2.75, 3.05) is 19.8 Å². The van der Waals surface area contributed by atoms with Crippen LogP contribution in [0.3, 0.4) is 0 Å². The standard InChI is InChI=1S/C20H38O11/c1-2-3-4-5-6-7-8-28-19-17(27)15(25)18(12(10-22)30-19)31-20-16(26)14(24)13(23)11(9-21)29-20/h11-27H,2-10H2,1H3/t11-,12-,13-,14+,15-,16-,17-,18-,19?,20+/m1/s1. The molecule has 2 rings (SSSR count). The highest BCUT2D eigenvalue weighted by atomic mass is 16.7. The number of hydrogen-bond acceptors (Lipinski definition) is 11. The van der Waals surface area contributed by atoms with E-state index in [1.54, 1.807) is 0 Å². The molecule has 184 valence electrons. The summed E-state index contributed by atoms with van der Waals surface area (Å²) in [5.74, 6) is 0. The van der Waals surface area contributed by atoms with Gasteiger partial charge in [0.15, 0.2) is 12.6 Å². The molecule has 2 heterocycles. The van der Waals surface area contributed by atoms with Crippen LogP contribution in [0.4, 0.5) is 0 Å². The lowest BCUT2D eigenvalue weighted by Crippen LogP contribution is -2.64. The normalized spacial score (nSPS) is 41.4. The predicted octanol–water partition coefficient (Wildman–Crippen LogP) is -2.01. The van der Waals surface area contributed by atoms with Crippen LogP contribution in [0.15, 0.2) is 0 Å². The first-order valence-electron chi connectivity index (χ1n) is 11.1. The van der Waals surface area contributed by atoms with E-state index in [1.165, 1.54) is 6.42 Å². The van der Waals surface area contributed by atoms with Gasteiger partial charge >= 0.3 is 0 Å². The van der Waals surface area contributed by atoms with E-state index in [1.807, 2.05) is 0 Å². The summed E-state index contributed by atoms with van der Waals surface area (Å²) in [5.41, 5.74) is 0. The first-order chi connectivity index (χ1) is 14.8. The first kappa shape index (κ1) is 26.8. The molecule has 2 aliphatic heterocycles. The molecule has 0 aromatic carbocycles. The Morgan fingerprint density at radius 1 is 0.645 bits per heavy atom. The van der Waals surface area contributed by atoms with Crippen LogP contribution < -0.4 is 0 Å². The van der Waals surface area contributed by atoms with Gasteiger partial charge in [-0.15, -0.1) is 0 Å². The molecule has 2 saturated heterocycles. The molecular formula is C20H38O11. The van der Waals surface area contributed by atoms with E-state index in [2.05, 4.69) is 6.92 Å². The van der Waals surface area contributed by atoms with E-state index in [9.17, 15) is 35.7 Å². The van der Waals surface area contributed by atoms with E-state index in [0.29, 0.717) is 6.61 Å². The van der Waals surface area contributed by atoms with E-state index >= 15 is 0 Å². The van der Waals surface area contributed by atoms with E-state index in [-0.39, 0.29) is 0 Å². The fourth-order valence-electron chi connectivity index (χ4n) is 3.77. The summed E-state index contributed by atoms with van der Waals surface area (Å²) in [5, 5.41) is 69.7. The lowest BCUT2D eigenvalue weighted by molar-refractivity contribution is -0.359. The van der Waals surface area contributed by atoms with Gasteiger partial charge < -0.3 is 54.7 Å². The Labute approximate surface area is 182 Å². The smallest absolute Gasteiger partial charge is 0.187 e. The van der Waals surface area contributed by atoms with Gasteiger partial charge in [-0.3, -0.25) is 0 Å². The third-order valence-electron chi connectivity index (χ3n) is 5.74. The van der Waals surface area contributed by atoms with Gasteiger partial charge in [0, 0.05) is 6.61 Å². The molecule has 0 bridgehead atoms. The fraction of sp³-hybridized carbons (Fsp3) is 1.00. The molecule has 0 radical (unpaired) electrons. The molecule has 0 aromatic heterocycles. The van der Waals surface area contributed by atoms with Crippen LogP contribution in [0, 0.1) is 0 Å². The molecule has 2 aliphatic rings. The number of aliphatic hydroxyl groups is 7. The van der Waals surface area contributed by atoms with Crippen molar-refractivity contribution in [3.05, 3.63) is 0 Å². The van der Waals surface area contributed by atoms with Crippen molar-refractivity contribution in [3.8, 4) is 0 Å². The van der Waals surface area contributed by atoms with Crippen molar-refractivity contribution in [2.45, 2.75) is 107 Å². The summed E-state index contributed by atoms with van der Waals surface area (Å²) in [7, 11) is 0. The maximum absolute atomic E-state index is 10.5. The molecule has 2 fully saturated rings. The molecule has 11 nitrogen and oxygen atoms in total. The van der Waals surface area contributed by atoms with Crippen molar-refractivity contribution in [1.82, 2.24) is 0 Å². The lowest BCUT2D eigenvalue weighted by atomic mass is 9.97. The summed E-state index contributed by atoms with van der Waals surface area (Å²) in [6.45, 7) is 1.23.